The van der Waals surface area contributed by atoms with E-state index in [4.69, 9.17) is 0 Å². The van der Waals surface area contributed by atoms with Crippen LogP contribution in [-0.2, 0) is 11.2 Å². The van der Waals surface area contributed by atoms with E-state index in [1.54, 1.807) is 4.90 Å². The van der Waals surface area contributed by atoms with Crippen LogP contribution in [0, 0.1) is 5.92 Å². The fraction of sp³-hybridized carbons (Fsp3) is 0.909. The second-order valence-electron chi connectivity index (χ2n) is 4.62. The molecule has 0 N–H and O–H groups in total. The van der Waals surface area contributed by atoms with Crippen LogP contribution in [0.2, 0.25) is 0 Å². The summed E-state index contributed by atoms with van der Waals surface area (Å²) in [6.07, 6.45) is 6.94. The number of amides is 1. The molecular formula is C11H19NO2S. The van der Waals surface area contributed by atoms with Crippen molar-refractivity contribution in [1.29, 1.82) is 0 Å². The highest BCUT2D eigenvalue weighted by Crippen LogP contribution is 2.28. The van der Waals surface area contributed by atoms with Crippen molar-refractivity contribution in [2.75, 3.05) is 18.8 Å². The van der Waals surface area contributed by atoms with Crippen LogP contribution in [-0.4, -0.2) is 33.5 Å². The van der Waals surface area contributed by atoms with Crippen molar-refractivity contribution in [3.8, 4) is 0 Å². The zero-order valence-corrected chi connectivity index (χ0v) is 9.93. The molecule has 1 atom stereocenters. The first-order valence-corrected chi connectivity index (χ1v) is 7.26. The van der Waals surface area contributed by atoms with Crippen LogP contribution in [0.4, 0.5) is 4.79 Å². The molecule has 2 rings (SSSR count). The Hall–Kier alpha value is -0.220. The Bertz CT molecular complexity index is 225. The quantitative estimate of drug-likeness (QED) is 0.681. The van der Waals surface area contributed by atoms with Crippen LogP contribution in [0.15, 0.2) is 0 Å². The lowest BCUT2D eigenvalue weighted by atomic mass is 9.87. The fourth-order valence-electron chi connectivity index (χ4n) is 2.17. The van der Waals surface area contributed by atoms with Crippen molar-refractivity contribution in [2.45, 2.75) is 38.5 Å². The van der Waals surface area contributed by atoms with E-state index in [-0.39, 0.29) is 5.24 Å². The first kappa shape index (κ1) is 11.3. The van der Waals surface area contributed by atoms with E-state index < -0.39 is 11.2 Å². The van der Waals surface area contributed by atoms with Gasteiger partial charge in [0.25, 0.3) is 0 Å². The van der Waals surface area contributed by atoms with E-state index in [0.717, 1.165) is 25.9 Å². The van der Waals surface area contributed by atoms with Gasteiger partial charge in [0, 0.05) is 30.2 Å². The third-order valence-corrected chi connectivity index (χ3v) is 4.84. The Labute approximate surface area is 94.4 Å². The molecule has 4 heteroatoms. The van der Waals surface area contributed by atoms with Gasteiger partial charge >= 0.3 is 5.24 Å². The normalized spacial score (nSPS) is 24.7. The maximum Gasteiger partial charge on any atom is 0.429 e. The minimum absolute atomic E-state index is 0.110. The number of hydrogen-bond acceptors (Lipinski definition) is 2. The molecule has 86 valence electrons. The van der Waals surface area contributed by atoms with Crippen molar-refractivity contribution >= 4 is 16.4 Å². The largest absolute Gasteiger partial charge is 0.608 e. The summed E-state index contributed by atoms with van der Waals surface area (Å²) in [5, 5.41) is -0.110. The second kappa shape index (κ2) is 5.21. The van der Waals surface area contributed by atoms with Gasteiger partial charge in [0.1, 0.15) is 5.75 Å². The Morgan fingerprint density at radius 1 is 1.20 bits per heavy atom. The highest BCUT2D eigenvalue weighted by Gasteiger charge is 2.32. The van der Waals surface area contributed by atoms with Crippen molar-refractivity contribution in [1.82, 2.24) is 4.90 Å². The summed E-state index contributed by atoms with van der Waals surface area (Å²) < 4.78 is 11.8. The molecule has 0 spiro atoms. The Kier molecular flexibility index (Phi) is 3.92. The summed E-state index contributed by atoms with van der Waals surface area (Å²) in [6, 6.07) is 0. The molecule has 2 fully saturated rings. The third-order valence-electron chi connectivity index (χ3n) is 3.42. The van der Waals surface area contributed by atoms with Crippen molar-refractivity contribution in [3.63, 3.8) is 0 Å². The SMILES string of the molecule is O=C(N1CCCCC1)[S+]([O-])CC1CCC1. The fourth-order valence-corrected chi connectivity index (χ4v) is 3.54. The Morgan fingerprint density at radius 2 is 1.87 bits per heavy atom. The average molecular weight is 229 g/mol. The van der Waals surface area contributed by atoms with Crippen LogP contribution in [0.25, 0.3) is 0 Å². The zero-order valence-electron chi connectivity index (χ0n) is 9.11. The number of carbonyl (C=O) groups excluding carboxylic acids is 1. The topological polar surface area (TPSA) is 43.4 Å². The number of rotatable bonds is 2. The lowest BCUT2D eigenvalue weighted by molar-refractivity contribution is 0.208. The number of nitrogens with zero attached hydrogens (tertiary/aromatic N) is 1. The molecule has 1 saturated heterocycles. The minimum atomic E-state index is -1.25. The molecule has 3 nitrogen and oxygen atoms in total. The average Bonchev–Trinajstić information content (AvgIpc) is 2.23. The van der Waals surface area contributed by atoms with Crippen LogP contribution in [0.5, 0.6) is 0 Å². The lowest BCUT2D eigenvalue weighted by Crippen LogP contribution is -2.41. The monoisotopic (exact) mass is 229 g/mol. The molecule has 2 aliphatic rings. The number of piperidine rings is 1. The van der Waals surface area contributed by atoms with E-state index >= 15 is 0 Å². The molecule has 0 aromatic carbocycles. The summed E-state index contributed by atoms with van der Waals surface area (Å²) in [4.78, 5) is 13.6. The zero-order chi connectivity index (χ0) is 10.7. The Morgan fingerprint density at radius 3 is 2.40 bits per heavy atom. The maximum absolute atomic E-state index is 11.8. The van der Waals surface area contributed by atoms with Crippen LogP contribution in [0.3, 0.4) is 0 Å². The molecule has 0 aromatic rings. The van der Waals surface area contributed by atoms with Crippen molar-refractivity contribution in [3.05, 3.63) is 0 Å². The molecule has 1 saturated carbocycles. The lowest BCUT2D eigenvalue weighted by Gasteiger charge is -2.29. The van der Waals surface area contributed by atoms with E-state index in [1.165, 1.54) is 25.7 Å². The van der Waals surface area contributed by atoms with E-state index in [2.05, 4.69) is 0 Å². The predicted molar refractivity (Wildman–Crippen MR) is 61.2 cm³/mol. The van der Waals surface area contributed by atoms with Gasteiger partial charge in [0.15, 0.2) is 0 Å². The van der Waals surface area contributed by atoms with Gasteiger partial charge in [-0.3, -0.25) is 4.90 Å². The second-order valence-corrected chi connectivity index (χ2v) is 6.00. The van der Waals surface area contributed by atoms with E-state index in [9.17, 15) is 9.35 Å². The van der Waals surface area contributed by atoms with Crippen LogP contribution < -0.4 is 0 Å². The van der Waals surface area contributed by atoms with Gasteiger partial charge < -0.3 is 4.55 Å². The maximum atomic E-state index is 11.8. The summed E-state index contributed by atoms with van der Waals surface area (Å²) in [6.45, 7) is 1.63. The first-order chi connectivity index (χ1) is 7.27. The summed E-state index contributed by atoms with van der Waals surface area (Å²) in [5.41, 5.74) is 0. The van der Waals surface area contributed by atoms with Gasteiger partial charge in [-0.1, -0.05) is 6.42 Å². The Balaban J connectivity index is 1.77. The summed E-state index contributed by atoms with van der Waals surface area (Å²) in [5.74, 6) is 1.16. The van der Waals surface area contributed by atoms with Gasteiger partial charge in [-0.25, -0.2) is 4.79 Å². The van der Waals surface area contributed by atoms with E-state index in [0.29, 0.717) is 11.7 Å². The summed E-state index contributed by atoms with van der Waals surface area (Å²) in [7, 11) is 0. The standard InChI is InChI=1S/C11H19NO2S/c13-11(12-7-2-1-3-8-12)15(14)9-10-5-4-6-10/h10H,1-9H2. The first-order valence-electron chi connectivity index (χ1n) is 5.94. The smallest absolute Gasteiger partial charge is 0.429 e. The molecule has 15 heavy (non-hydrogen) atoms. The highest BCUT2D eigenvalue weighted by molar-refractivity contribution is 8.05. The molecule has 1 aliphatic carbocycles. The molecule has 1 unspecified atom stereocenters. The third kappa shape index (κ3) is 2.88. The van der Waals surface area contributed by atoms with Gasteiger partial charge in [-0.05, 0) is 32.1 Å². The molecule has 1 amide bonds. The molecule has 1 heterocycles. The van der Waals surface area contributed by atoms with Crippen LogP contribution in [0.1, 0.15) is 38.5 Å². The number of likely N-dealkylation sites (tertiary alicyclic amines) is 1. The summed E-state index contributed by atoms with van der Waals surface area (Å²) >= 11 is -1.25. The molecular weight excluding hydrogens is 210 g/mol. The van der Waals surface area contributed by atoms with Crippen molar-refractivity contribution < 1.29 is 9.35 Å². The van der Waals surface area contributed by atoms with Crippen molar-refractivity contribution in [2.24, 2.45) is 5.92 Å². The van der Waals surface area contributed by atoms with Gasteiger partial charge in [-0.2, -0.15) is 0 Å². The van der Waals surface area contributed by atoms with E-state index in [1.807, 2.05) is 0 Å². The van der Waals surface area contributed by atoms with Gasteiger partial charge in [0.2, 0.25) is 0 Å². The number of hydrogen-bond donors (Lipinski definition) is 0. The van der Waals surface area contributed by atoms with Gasteiger partial charge in [-0.15, -0.1) is 0 Å². The predicted octanol–water partition coefficient (Wildman–Crippen LogP) is 2.14. The molecule has 0 aromatic heterocycles. The molecule has 0 radical (unpaired) electrons. The minimum Gasteiger partial charge on any atom is -0.608 e. The number of carbonyl (C=O) groups is 1. The van der Waals surface area contributed by atoms with Crippen LogP contribution >= 0.6 is 0 Å². The molecule has 0 bridgehead atoms. The molecule has 1 aliphatic heterocycles. The highest BCUT2D eigenvalue weighted by atomic mass is 32.2. The van der Waals surface area contributed by atoms with Gasteiger partial charge in [0.05, 0.1) is 0 Å².